The molecule has 3 aromatic rings. The van der Waals surface area contributed by atoms with E-state index in [1.165, 1.54) is 17.6 Å². The number of carboxylic acid groups (broad SMARTS) is 1. The third kappa shape index (κ3) is 3.09. The number of nitrogens with two attached hydrogens (primary N) is 1. The van der Waals surface area contributed by atoms with Gasteiger partial charge >= 0.3 is 5.97 Å². The predicted molar refractivity (Wildman–Crippen MR) is 124 cm³/mol. The Morgan fingerprint density at radius 3 is 2.56 bits per heavy atom. The Kier molecular flexibility index (Phi) is 5.08. The van der Waals surface area contributed by atoms with E-state index >= 15 is 4.39 Å². The summed E-state index contributed by atoms with van der Waals surface area (Å²) in [5.41, 5.74) is 4.17. The van der Waals surface area contributed by atoms with Crippen LogP contribution in [0.5, 0.6) is 0 Å². The van der Waals surface area contributed by atoms with Crippen molar-refractivity contribution in [2.24, 2.45) is 0 Å². The second-order valence-electron chi connectivity index (χ2n) is 8.85. The van der Waals surface area contributed by atoms with Gasteiger partial charge in [0.1, 0.15) is 11.4 Å². The lowest BCUT2D eigenvalue weighted by Crippen LogP contribution is -2.76. The molecule has 34 heavy (non-hydrogen) atoms. The van der Waals surface area contributed by atoms with E-state index in [0.717, 1.165) is 25.2 Å². The minimum atomic E-state index is -1.53. The Morgan fingerprint density at radius 1 is 1.32 bits per heavy atom. The molecular weight excluding hydrogens is 470 g/mol. The van der Waals surface area contributed by atoms with Gasteiger partial charge < -0.3 is 30.7 Å². The van der Waals surface area contributed by atoms with Crippen LogP contribution in [0.3, 0.4) is 0 Å². The second kappa shape index (κ2) is 7.66. The molecule has 3 heterocycles. The number of rotatable bonds is 4. The highest BCUT2D eigenvalue weighted by Gasteiger charge is 2.48. The number of pyridine rings is 1. The van der Waals surface area contributed by atoms with Crippen LogP contribution in [-0.2, 0) is 6.61 Å². The summed E-state index contributed by atoms with van der Waals surface area (Å²) < 4.78 is 31.0. The number of nitrogens with zero attached hydrogens (tertiary/aromatic N) is 2. The minimum Gasteiger partial charge on any atom is -0.477 e. The average Bonchev–Trinajstić information content (AvgIpc) is 2.73. The van der Waals surface area contributed by atoms with Gasteiger partial charge in [0.15, 0.2) is 5.82 Å². The molecule has 0 aliphatic carbocycles. The fourth-order valence-corrected chi connectivity index (χ4v) is 5.24. The number of hydrogen-bond acceptors (Lipinski definition) is 6. The van der Waals surface area contributed by atoms with Crippen molar-refractivity contribution in [1.29, 1.82) is 0 Å². The van der Waals surface area contributed by atoms with Crippen molar-refractivity contribution < 1.29 is 23.8 Å². The van der Waals surface area contributed by atoms with Gasteiger partial charge in [0.05, 0.1) is 45.1 Å². The van der Waals surface area contributed by atoms with E-state index in [1.807, 2.05) is 0 Å². The molecule has 2 aliphatic heterocycles. The Bertz CT molecular complexity index is 1440. The number of anilines is 2. The van der Waals surface area contributed by atoms with Crippen LogP contribution in [-0.4, -0.2) is 45.9 Å². The number of hydrogen-bond donors (Lipinski definition) is 4. The lowest BCUT2D eigenvalue weighted by Gasteiger charge is -2.57. The van der Waals surface area contributed by atoms with E-state index in [9.17, 15) is 24.2 Å². The van der Waals surface area contributed by atoms with Gasteiger partial charge in [0.2, 0.25) is 5.43 Å². The van der Waals surface area contributed by atoms with Crippen LogP contribution >= 0.6 is 11.6 Å². The normalized spacial score (nSPS) is 16.6. The van der Waals surface area contributed by atoms with E-state index in [-0.39, 0.29) is 49.7 Å². The molecule has 5 N–H and O–H groups in total. The number of aryl methyl sites for hydroxylation is 1. The maximum atomic E-state index is 15.6. The molecule has 2 fully saturated rings. The first-order valence-corrected chi connectivity index (χ1v) is 11.0. The summed E-state index contributed by atoms with van der Waals surface area (Å²) in [5, 5.41) is 22.5. The smallest absolute Gasteiger partial charge is 0.341 e. The summed E-state index contributed by atoms with van der Waals surface area (Å²) >= 11 is 6.73. The monoisotopic (exact) mass is 490 g/mol. The van der Waals surface area contributed by atoms with E-state index in [2.05, 4.69) is 5.32 Å². The molecular formula is C23H21ClF2N4O4. The zero-order valence-corrected chi connectivity index (χ0v) is 18.8. The van der Waals surface area contributed by atoms with E-state index in [1.54, 1.807) is 4.90 Å². The molecule has 2 aromatic carbocycles. The Morgan fingerprint density at radius 2 is 2.00 bits per heavy atom. The molecule has 0 bridgehead atoms. The first-order chi connectivity index (χ1) is 16.1. The van der Waals surface area contributed by atoms with Crippen molar-refractivity contribution in [3.8, 4) is 5.69 Å². The zero-order chi connectivity index (χ0) is 24.5. The summed E-state index contributed by atoms with van der Waals surface area (Å²) in [6, 6.07) is 2.23. The SMILES string of the molecule is Cc1c(F)c(N2CC3(CCN3)C2)c(Cl)c2c1c(=O)c(C(=O)O)cn2-c1cc(N)c(F)cc1CO. The number of carbonyl (C=O) groups is 1. The van der Waals surface area contributed by atoms with Crippen LogP contribution in [0.2, 0.25) is 5.02 Å². The highest BCUT2D eigenvalue weighted by atomic mass is 35.5. The molecule has 11 heteroatoms. The number of fused-ring (bicyclic) bond motifs is 1. The number of aromatic carboxylic acids is 1. The summed E-state index contributed by atoms with van der Waals surface area (Å²) in [6.07, 6.45) is 1.99. The van der Waals surface area contributed by atoms with Crippen LogP contribution in [0.4, 0.5) is 20.2 Å². The fraction of sp³-hybridized carbons (Fsp3) is 0.304. The van der Waals surface area contributed by atoms with Crippen LogP contribution in [0.25, 0.3) is 16.6 Å². The third-order valence-corrected chi connectivity index (χ3v) is 7.16. The van der Waals surface area contributed by atoms with Crippen molar-refractivity contribution in [3.63, 3.8) is 0 Å². The van der Waals surface area contributed by atoms with Gasteiger partial charge in [-0.2, -0.15) is 0 Å². The van der Waals surface area contributed by atoms with Gasteiger partial charge in [-0.15, -0.1) is 0 Å². The molecule has 0 radical (unpaired) electrons. The van der Waals surface area contributed by atoms with Crippen molar-refractivity contribution >= 4 is 39.8 Å². The van der Waals surface area contributed by atoms with E-state index in [4.69, 9.17) is 17.3 Å². The molecule has 2 saturated heterocycles. The molecule has 178 valence electrons. The highest BCUT2D eigenvalue weighted by molar-refractivity contribution is 6.38. The average molecular weight is 491 g/mol. The van der Waals surface area contributed by atoms with Crippen LogP contribution in [0.15, 0.2) is 23.1 Å². The van der Waals surface area contributed by atoms with Gasteiger partial charge in [-0.25, -0.2) is 13.6 Å². The van der Waals surface area contributed by atoms with Gasteiger partial charge in [-0.1, -0.05) is 11.6 Å². The quantitative estimate of drug-likeness (QED) is 0.415. The fourth-order valence-electron chi connectivity index (χ4n) is 4.86. The lowest BCUT2D eigenvalue weighted by molar-refractivity contribution is 0.0695. The highest BCUT2D eigenvalue weighted by Crippen LogP contribution is 2.44. The molecule has 5 rings (SSSR count). The maximum absolute atomic E-state index is 15.6. The molecule has 2 aliphatic rings. The molecule has 1 spiro atoms. The molecule has 0 saturated carbocycles. The maximum Gasteiger partial charge on any atom is 0.341 e. The number of benzene rings is 2. The Labute approximate surface area is 197 Å². The molecule has 0 amide bonds. The Hall–Kier alpha value is -3.21. The van der Waals surface area contributed by atoms with Gasteiger partial charge in [-0.05, 0) is 32.0 Å². The molecule has 8 nitrogen and oxygen atoms in total. The number of nitrogens with one attached hydrogen (secondary N) is 1. The van der Waals surface area contributed by atoms with Gasteiger partial charge in [0, 0.05) is 30.4 Å². The minimum absolute atomic E-state index is 0.0498. The number of aromatic nitrogens is 1. The number of nitrogen functional groups attached to an aromatic ring is 1. The van der Waals surface area contributed by atoms with Crippen LogP contribution in [0, 0.1) is 18.6 Å². The van der Waals surface area contributed by atoms with Gasteiger partial charge in [-0.3, -0.25) is 4.79 Å². The summed E-state index contributed by atoms with van der Waals surface area (Å²) in [4.78, 5) is 26.7. The van der Waals surface area contributed by atoms with E-state index < -0.39 is 35.2 Å². The van der Waals surface area contributed by atoms with Crippen molar-refractivity contribution in [1.82, 2.24) is 9.88 Å². The summed E-state index contributed by atoms with van der Waals surface area (Å²) in [7, 11) is 0. The molecule has 0 atom stereocenters. The largest absolute Gasteiger partial charge is 0.477 e. The van der Waals surface area contributed by atoms with Crippen LogP contribution in [0.1, 0.15) is 27.9 Å². The van der Waals surface area contributed by atoms with Crippen molar-refractivity contribution in [2.75, 3.05) is 30.3 Å². The second-order valence-corrected chi connectivity index (χ2v) is 9.22. The zero-order valence-electron chi connectivity index (χ0n) is 18.1. The number of aliphatic hydroxyl groups is 1. The predicted octanol–water partition coefficient (Wildman–Crippen LogP) is 2.56. The lowest BCUT2D eigenvalue weighted by atomic mass is 9.80. The van der Waals surface area contributed by atoms with Crippen molar-refractivity contribution in [3.05, 3.63) is 61.9 Å². The standard InChI is InChI=1S/C23H21ClF2N4O4/c1-10-16-19(17(24)20(18(10)26)29-8-23(9-29)2-3-28-23)30(6-12(21(16)32)22(33)34)15-5-14(27)13(25)4-11(15)7-31/h4-6,28,31H,2-3,7-9,27H2,1H3,(H,33,34). The number of aliphatic hydroxyl groups excluding tert-OH is 1. The first kappa shape index (κ1) is 22.6. The van der Waals surface area contributed by atoms with Crippen LogP contribution < -0.4 is 21.4 Å². The molecule has 1 aromatic heterocycles. The van der Waals surface area contributed by atoms with Gasteiger partial charge in [0.25, 0.3) is 0 Å². The number of halogens is 3. The third-order valence-electron chi connectivity index (χ3n) is 6.80. The topological polar surface area (TPSA) is 121 Å². The summed E-state index contributed by atoms with van der Waals surface area (Å²) in [6.45, 7) is 2.72. The van der Waals surface area contributed by atoms with E-state index in [0.29, 0.717) is 13.1 Å². The number of carboxylic acids is 1. The summed E-state index contributed by atoms with van der Waals surface area (Å²) in [5.74, 6) is -3.01. The van der Waals surface area contributed by atoms with Crippen molar-refractivity contribution in [2.45, 2.75) is 25.5 Å². The molecule has 0 unspecified atom stereocenters. The Balaban J connectivity index is 1.87. The first-order valence-electron chi connectivity index (χ1n) is 10.6.